The number of rotatable bonds is 12. The average Bonchev–Trinajstić information content (AvgIpc) is 3.94. The number of amides is 1. The molecule has 7 aromatic rings. The monoisotopic (exact) mass is 816 g/mol. The second kappa shape index (κ2) is 15.8. The molecule has 2 aliphatic heterocycles. The highest BCUT2D eigenvalue weighted by molar-refractivity contribution is 6.91. The fraction of sp³-hybridized carbons (Fsp3) is 0.271. The van der Waals surface area contributed by atoms with Crippen molar-refractivity contribution in [1.82, 2.24) is 24.8 Å². The molecular weight excluding hydrogens is 769 g/mol. The Morgan fingerprint density at radius 3 is 2.43 bits per heavy atom. The molecule has 2 aliphatic rings. The maximum Gasteiger partial charge on any atom is 0.279 e. The summed E-state index contributed by atoms with van der Waals surface area (Å²) in [7, 11) is -0.714. The average molecular weight is 817 g/mol. The van der Waals surface area contributed by atoms with Crippen LogP contribution in [-0.2, 0) is 28.2 Å². The highest BCUT2D eigenvalue weighted by Crippen LogP contribution is 2.60. The predicted octanol–water partition coefficient (Wildman–Crippen LogP) is 6.96. The van der Waals surface area contributed by atoms with Crippen LogP contribution in [0.3, 0.4) is 0 Å². The summed E-state index contributed by atoms with van der Waals surface area (Å²) < 4.78 is 16.1. The quantitative estimate of drug-likeness (QED) is 0.131. The van der Waals surface area contributed by atoms with Crippen LogP contribution in [0.25, 0.3) is 16.5 Å². The standard InChI is InChI=1S/C48H48N6O5Si/c1-32-45(60(3,4)38-23-21-37(58-2)22-24-38)44(25-26-52-30-42(50-51-52)40(31-55)34-14-6-5-7-15-34)59-48(32)41-19-10-11-20-43(41)53(47(48)57)29-33-13-12-17-36(27-33)54-46(56)39-18-9-8-16-35(39)28-49-54/h5-24,27-28,30,32,40,44-45,55H,25-26,29,31H2,1-4H3/t32-,40?,44+,45-,48+/m1/s1. The van der Waals surface area contributed by atoms with E-state index in [1.165, 1.54) is 9.87 Å². The normalized spacial score (nSPS) is 20.5. The van der Waals surface area contributed by atoms with E-state index in [4.69, 9.17) is 9.47 Å². The minimum atomic E-state index is -2.39. The number of aliphatic hydroxyl groups is 1. The number of anilines is 1. The smallest absolute Gasteiger partial charge is 0.279 e. The van der Waals surface area contributed by atoms with E-state index < -0.39 is 13.7 Å². The maximum atomic E-state index is 15.4. The van der Waals surface area contributed by atoms with Crippen LogP contribution < -0.4 is 20.4 Å². The van der Waals surface area contributed by atoms with E-state index in [1.807, 2.05) is 131 Å². The molecule has 1 unspecified atom stereocenters. The van der Waals surface area contributed by atoms with E-state index in [9.17, 15) is 9.90 Å². The highest BCUT2D eigenvalue weighted by Gasteiger charge is 2.66. The topological polar surface area (TPSA) is 125 Å². The minimum absolute atomic E-state index is 0.0366. The van der Waals surface area contributed by atoms with E-state index in [0.717, 1.165) is 33.5 Å². The van der Waals surface area contributed by atoms with Crippen LogP contribution in [0.2, 0.25) is 18.6 Å². The SMILES string of the molecule is COc1ccc([Si](C)(C)[C@H]2[C@H](CCn3cc(C(CO)c4ccccc4)nn3)O[C@@]3(C(=O)N(Cc4cccc(-n5ncc6ccccc6c5=O)c4)c4ccccc43)[C@@H]2C)cc1. The molecule has 9 rings (SSSR count). The Labute approximate surface area is 349 Å². The molecule has 1 saturated heterocycles. The van der Waals surface area contributed by atoms with Crippen LogP contribution in [-0.4, -0.2) is 63.7 Å². The van der Waals surface area contributed by atoms with Gasteiger partial charge in [-0.2, -0.15) is 9.78 Å². The molecule has 0 saturated carbocycles. The Morgan fingerprint density at radius 1 is 0.900 bits per heavy atom. The van der Waals surface area contributed by atoms with E-state index in [2.05, 4.69) is 47.6 Å². The van der Waals surface area contributed by atoms with Crippen LogP contribution in [0.15, 0.2) is 145 Å². The molecule has 2 aromatic heterocycles. The third kappa shape index (κ3) is 6.64. The van der Waals surface area contributed by atoms with E-state index in [-0.39, 0.29) is 48.1 Å². The Hall–Kier alpha value is -6.21. The zero-order chi connectivity index (χ0) is 41.6. The maximum absolute atomic E-state index is 15.4. The summed E-state index contributed by atoms with van der Waals surface area (Å²) in [6, 6.07) is 41.3. The number of carbonyl (C=O) groups is 1. The van der Waals surface area contributed by atoms with Crippen molar-refractivity contribution >= 4 is 35.6 Å². The number of aryl methyl sites for hydroxylation is 1. The van der Waals surface area contributed by atoms with Crippen LogP contribution in [0.4, 0.5) is 5.69 Å². The molecule has 304 valence electrons. The first-order valence-corrected chi connectivity index (χ1v) is 23.6. The van der Waals surface area contributed by atoms with Crippen molar-refractivity contribution < 1.29 is 19.4 Å². The molecule has 1 N–H and O–H groups in total. The van der Waals surface area contributed by atoms with E-state index >= 15 is 4.79 Å². The summed E-state index contributed by atoms with van der Waals surface area (Å²) in [5.41, 5.74) is 3.47. The first-order chi connectivity index (χ1) is 29.1. The van der Waals surface area contributed by atoms with Crippen molar-refractivity contribution in [3.63, 3.8) is 0 Å². The van der Waals surface area contributed by atoms with Gasteiger partial charge in [0.2, 0.25) is 0 Å². The van der Waals surface area contributed by atoms with E-state index in [0.29, 0.717) is 29.7 Å². The predicted molar refractivity (Wildman–Crippen MR) is 235 cm³/mol. The third-order valence-corrected chi connectivity index (χ3v) is 17.2. The van der Waals surface area contributed by atoms with Gasteiger partial charge < -0.3 is 19.5 Å². The number of aromatic nitrogens is 5. The second-order valence-electron chi connectivity index (χ2n) is 16.5. The largest absolute Gasteiger partial charge is 0.497 e. The molecule has 11 nitrogen and oxygen atoms in total. The molecule has 0 aliphatic carbocycles. The van der Waals surface area contributed by atoms with Crippen molar-refractivity contribution in [2.45, 2.75) is 62.7 Å². The molecule has 5 aromatic carbocycles. The van der Waals surface area contributed by atoms with Gasteiger partial charge in [0, 0.05) is 29.6 Å². The number of nitrogens with zero attached hydrogens (tertiary/aromatic N) is 6. The molecule has 4 heterocycles. The van der Waals surface area contributed by atoms with Crippen molar-refractivity contribution in [2.24, 2.45) is 5.92 Å². The lowest BCUT2D eigenvalue weighted by Crippen LogP contribution is -2.51. The lowest BCUT2D eigenvalue weighted by atomic mass is 9.82. The summed E-state index contributed by atoms with van der Waals surface area (Å²) >= 11 is 0. The number of hydrogen-bond acceptors (Lipinski definition) is 8. The summed E-state index contributed by atoms with van der Waals surface area (Å²) in [6.45, 7) is 7.67. The number of benzene rings is 5. The number of methoxy groups -OCH3 is 1. The van der Waals surface area contributed by atoms with Gasteiger partial charge in [-0.3, -0.25) is 14.3 Å². The summed E-state index contributed by atoms with van der Waals surface area (Å²) in [4.78, 5) is 30.8. The Bertz CT molecular complexity index is 2740. The van der Waals surface area contributed by atoms with Crippen molar-refractivity contribution in [2.75, 3.05) is 18.6 Å². The van der Waals surface area contributed by atoms with E-state index in [1.54, 1.807) is 13.3 Å². The van der Waals surface area contributed by atoms with Crippen molar-refractivity contribution in [1.29, 1.82) is 0 Å². The molecule has 0 bridgehead atoms. The molecule has 1 fully saturated rings. The molecular formula is C48H48N6O5Si. The number of hydrogen-bond donors (Lipinski definition) is 1. The van der Waals surface area contributed by atoms with Gasteiger partial charge in [-0.1, -0.05) is 121 Å². The van der Waals surface area contributed by atoms with Crippen LogP contribution in [0.5, 0.6) is 5.75 Å². The highest BCUT2D eigenvalue weighted by atomic mass is 28.3. The van der Waals surface area contributed by atoms with Gasteiger partial charge in [0.25, 0.3) is 11.5 Å². The van der Waals surface area contributed by atoms with Crippen molar-refractivity contribution in [3.05, 3.63) is 173 Å². The van der Waals surface area contributed by atoms with Gasteiger partial charge in [0.1, 0.15) is 5.75 Å². The zero-order valence-corrected chi connectivity index (χ0v) is 35.2. The van der Waals surface area contributed by atoms with Gasteiger partial charge in [-0.25, -0.2) is 0 Å². The second-order valence-corrected chi connectivity index (χ2v) is 21.2. The van der Waals surface area contributed by atoms with Crippen LogP contribution >= 0.6 is 0 Å². The Balaban J connectivity index is 1.05. The van der Waals surface area contributed by atoms with Gasteiger partial charge in [-0.05, 0) is 59.5 Å². The summed E-state index contributed by atoms with van der Waals surface area (Å²) in [5.74, 6) is 0.238. The lowest BCUT2D eigenvalue weighted by Gasteiger charge is -2.37. The molecule has 5 atom stereocenters. The number of aliphatic hydroxyl groups excluding tert-OH is 1. The number of carbonyl (C=O) groups excluding carboxylic acids is 1. The first-order valence-electron chi connectivity index (χ1n) is 20.5. The van der Waals surface area contributed by atoms with Crippen molar-refractivity contribution in [3.8, 4) is 11.4 Å². The molecule has 60 heavy (non-hydrogen) atoms. The summed E-state index contributed by atoms with van der Waals surface area (Å²) in [5, 5.41) is 26.4. The minimum Gasteiger partial charge on any atom is -0.497 e. The fourth-order valence-corrected chi connectivity index (χ4v) is 13.9. The lowest BCUT2D eigenvalue weighted by molar-refractivity contribution is -0.146. The molecule has 1 amide bonds. The molecule has 0 radical (unpaired) electrons. The Kier molecular flexibility index (Phi) is 10.3. The zero-order valence-electron chi connectivity index (χ0n) is 34.2. The number of ether oxygens (including phenoxy) is 2. The molecule has 1 spiro atoms. The van der Waals surface area contributed by atoms with Gasteiger partial charge in [0.15, 0.2) is 5.60 Å². The number of fused-ring (bicyclic) bond motifs is 3. The van der Waals surface area contributed by atoms with Crippen LogP contribution in [0, 0.1) is 5.92 Å². The fourth-order valence-electron chi connectivity index (χ4n) is 9.84. The molecule has 12 heteroatoms. The third-order valence-electron chi connectivity index (χ3n) is 12.9. The van der Waals surface area contributed by atoms with Gasteiger partial charge >= 0.3 is 0 Å². The van der Waals surface area contributed by atoms with Gasteiger partial charge in [0.05, 0.1) is 69.0 Å². The Morgan fingerprint density at radius 2 is 1.65 bits per heavy atom. The summed E-state index contributed by atoms with van der Waals surface area (Å²) in [6.07, 6.45) is 3.93. The number of para-hydroxylation sites is 1. The van der Waals surface area contributed by atoms with Gasteiger partial charge in [-0.15, -0.1) is 5.10 Å². The first kappa shape index (κ1) is 39.3. The van der Waals surface area contributed by atoms with Crippen LogP contribution in [0.1, 0.15) is 41.6 Å².